The molecule has 156 valence electrons. The van der Waals surface area contributed by atoms with E-state index in [-0.39, 0.29) is 22.6 Å². The first-order valence-corrected chi connectivity index (χ1v) is 11.3. The molecule has 0 bridgehead atoms. The van der Waals surface area contributed by atoms with Gasteiger partial charge in [0.25, 0.3) is 5.56 Å². The van der Waals surface area contributed by atoms with Crippen LogP contribution in [0.5, 0.6) is 0 Å². The van der Waals surface area contributed by atoms with E-state index in [2.05, 4.69) is 9.82 Å². The average molecular weight is 439 g/mol. The maximum atomic E-state index is 12.7. The number of sulfonamides is 1. The first-order chi connectivity index (χ1) is 13.8. The summed E-state index contributed by atoms with van der Waals surface area (Å²) in [6, 6.07) is 4.50. The van der Waals surface area contributed by atoms with Crippen molar-refractivity contribution in [2.75, 3.05) is 18.1 Å². The highest BCUT2D eigenvalue weighted by atomic mass is 35.5. The van der Waals surface area contributed by atoms with Gasteiger partial charge in [0.2, 0.25) is 10.0 Å². The van der Waals surface area contributed by atoms with Crippen molar-refractivity contribution in [2.24, 2.45) is 7.05 Å². The third-order valence-corrected chi connectivity index (χ3v) is 7.36. The number of aryl methyl sites for hydroxylation is 1. The number of aromatic nitrogens is 2. The molecule has 0 saturated carbocycles. The number of anilines is 1. The third-order valence-electron chi connectivity index (χ3n) is 5.57. The molecule has 29 heavy (non-hydrogen) atoms. The van der Waals surface area contributed by atoms with Crippen molar-refractivity contribution in [3.8, 4) is 0 Å². The zero-order chi connectivity index (χ0) is 20.8. The van der Waals surface area contributed by atoms with E-state index in [1.165, 1.54) is 10.7 Å². The topological polar surface area (TPSA) is 93.5 Å². The van der Waals surface area contributed by atoms with Crippen LogP contribution in [0.2, 0.25) is 5.02 Å². The molecule has 2 aliphatic rings. The minimum Gasteiger partial charge on any atom is -0.377 e. The molecule has 4 rings (SSSR count). The van der Waals surface area contributed by atoms with E-state index in [1.807, 2.05) is 11.8 Å². The number of nitrogens with one attached hydrogen (secondary N) is 1. The lowest BCUT2D eigenvalue weighted by Gasteiger charge is -2.31. The SMILES string of the molecule is CC1OCCC1NS(=O)(=O)c1ccc(N2CCc3c(cnn(C)c3=O)C2)c(Cl)c1. The number of fused-ring (bicyclic) bond motifs is 1. The predicted octanol–water partition coefficient (Wildman–Crippen LogP) is 1.45. The van der Waals surface area contributed by atoms with Crippen LogP contribution in [0.25, 0.3) is 0 Å². The van der Waals surface area contributed by atoms with Crippen molar-refractivity contribution in [3.63, 3.8) is 0 Å². The molecule has 2 aromatic rings. The van der Waals surface area contributed by atoms with E-state index in [1.54, 1.807) is 25.4 Å². The Bertz CT molecular complexity index is 1100. The monoisotopic (exact) mass is 438 g/mol. The fraction of sp³-hybridized carbons (Fsp3) is 0.474. The van der Waals surface area contributed by atoms with Gasteiger partial charge in [-0.1, -0.05) is 11.6 Å². The standard InChI is InChI=1S/C19H23ClN4O4S/c1-12-17(6-8-28-12)22-29(26,27)14-3-4-18(16(20)9-14)24-7-5-15-13(11-24)10-21-23(2)19(15)25/h3-4,9-10,12,17,22H,5-8,11H2,1-2H3. The molecule has 1 aromatic heterocycles. The summed E-state index contributed by atoms with van der Waals surface area (Å²) in [7, 11) is -2.06. The van der Waals surface area contributed by atoms with Crippen LogP contribution in [0.1, 0.15) is 24.5 Å². The van der Waals surface area contributed by atoms with Crippen molar-refractivity contribution < 1.29 is 13.2 Å². The summed E-state index contributed by atoms with van der Waals surface area (Å²) in [5.74, 6) is 0. The zero-order valence-electron chi connectivity index (χ0n) is 16.3. The summed E-state index contributed by atoms with van der Waals surface area (Å²) in [6.45, 7) is 3.52. The number of ether oxygens (including phenoxy) is 1. The molecule has 0 aliphatic carbocycles. The highest BCUT2D eigenvalue weighted by molar-refractivity contribution is 7.89. The molecule has 1 N–H and O–H groups in total. The van der Waals surface area contributed by atoms with E-state index in [9.17, 15) is 13.2 Å². The lowest BCUT2D eigenvalue weighted by atomic mass is 10.0. The Balaban J connectivity index is 1.56. The minimum absolute atomic E-state index is 0.0779. The average Bonchev–Trinajstić information content (AvgIpc) is 3.08. The lowest BCUT2D eigenvalue weighted by Crippen LogP contribution is -2.39. The maximum Gasteiger partial charge on any atom is 0.270 e. The van der Waals surface area contributed by atoms with Gasteiger partial charge < -0.3 is 9.64 Å². The summed E-state index contributed by atoms with van der Waals surface area (Å²) in [5, 5.41) is 4.44. The van der Waals surface area contributed by atoms with Crippen molar-refractivity contribution >= 4 is 27.3 Å². The summed E-state index contributed by atoms with van der Waals surface area (Å²) >= 11 is 6.46. The normalized spacial score (nSPS) is 22.0. The molecule has 2 atom stereocenters. The van der Waals surface area contributed by atoms with E-state index in [0.717, 1.165) is 16.8 Å². The van der Waals surface area contributed by atoms with E-state index in [4.69, 9.17) is 16.3 Å². The van der Waals surface area contributed by atoms with Gasteiger partial charge in [-0.2, -0.15) is 5.10 Å². The molecule has 1 aromatic carbocycles. The van der Waals surface area contributed by atoms with Crippen molar-refractivity contribution in [3.05, 3.63) is 50.9 Å². The Morgan fingerprint density at radius 2 is 2.14 bits per heavy atom. The van der Waals surface area contributed by atoms with E-state index >= 15 is 0 Å². The van der Waals surface area contributed by atoms with Crippen LogP contribution >= 0.6 is 11.6 Å². The maximum absolute atomic E-state index is 12.7. The van der Waals surface area contributed by atoms with Gasteiger partial charge in [0.05, 0.1) is 33.9 Å². The van der Waals surface area contributed by atoms with Crippen LogP contribution < -0.4 is 15.2 Å². The second kappa shape index (κ2) is 7.71. The summed E-state index contributed by atoms with van der Waals surface area (Å²) in [4.78, 5) is 14.4. The smallest absolute Gasteiger partial charge is 0.270 e. The molecular weight excluding hydrogens is 416 g/mol. The summed E-state index contributed by atoms with van der Waals surface area (Å²) in [6.07, 6.45) is 2.77. The molecule has 8 nitrogen and oxygen atoms in total. The Morgan fingerprint density at radius 3 is 2.83 bits per heavy atom. The van der Waals surface area contributed by atoms with Crippen molar-refractivity contribution in [1.82, 2.24) is 14.5 Å². The zero-order valence-corrected chi connectivity index (χ0v) is 17.8. The second-order valence-corrected chi connectivity index (χ2v) is 9.58. The number of halogens is 1. The van der Waals surface area contributed by atoms with Crippen LogP contribution in [-0.4, -0.2) is 43.5 Å². The quantitative estimate of drug-likeness (QED) is 0.776. The second-order valence-electron chi connectivity index (χ2n) is 7.45. The van der Waals surface area contributed by atoms with Gasteiger partial charge in [0.1, 0.15) is 0 Å². The Kier molecular flexibility index (Phi) is 5.41. The van der Waals surface area contributed by atoms with Crippen LogP contribution in [0.4, 0.5) is 5.69 Å². The number of rotatable bonds is 4. The fourth-order valence-corrected chi connectivity index (χ4v) is 5.55. The number of hydrogen-bond acceptors (Lipinski definition) is 6. The van der Waals surface area contributed by atoms with Gasteiger partial charge in [-0.05, 0) is 38.0 Å². The Hall–Kier alpha value is -1.94. The van der Waals surface area contributed by atoms with Gasteiger partial charge >= 0.3 is 0 Å². The molecule has 2 aliphatic heterocycles. The van der Waals surface area contributed by atoms with Crippen molar-refractivity contribution in [2.45, 2.75) is 43.4 Å². The largest absolute Gasteiger partial charge is 0.377 e. The van der Waals surface area contributed by atoms with Gasteiger partial charge in [-0.3, -0.25) is 4.79 Å². The molecule has 10 heteroatoms. The minimum atomic E-state index is -3.69. The number of benzene rings is 1. The van der Waals surface area contributed by atoms with Crippen LogP contribution in [0.3, 0.4) is 0 Å². The summed E-state index contributed by atoms with van der Waals surface area (Å²) in [5.41, 5.74) is 2.29. The van der Waals surface area contributed by atoms with Crippen LogP contribution in [-0.2, 0) is 34.8 Å². The first-order valence-electron chi connectivity index (χ1n) is 9.49. The van der Waals surface area contributed by atoms with Gasteiger partial charge in [-0.25, -0.2) is 17.8 Å². The number of hydrogen-bond donors (Lipinski definition) is 1. The molecule has 0 spiro atoms. The highest BCUT2D eigenvalue weighted by Gasteiger charge is 2.30. The lowest BCUT2D eigenvalue weighted by molar-refractivity contribution is 0.117. The van der Waals surface area contributed by atoms with Crippen LogP contribution in [0.15, 0.2) is 34.1 Å². The third kappa shape index (κ3) is 3.92. The highest BCUT2D eigenvalue weighted by Crippen LogP contribution is 2.32. The Labute approximate surface area is 174 Å². The molecule has 0 radical (unpaired) electrons. The van der Waals surface area contributed by atoms with E-state index < -0.39 is 10.0 Å². The summed E-state index contributed by atoms with van der Waals surface area (Å²) < 4.78 is 34.9. The predicted molar refractivity (Wildman–Crippen MR) is 110 cm³/mol. The van der Waals surface area contributed by atoms with Gasteiger partial charge in [-0.15, -0.1) is 0 Å². The van der Waals surface area contributed by atoms with Gasteiger partial charge in [0, 0.05) is 37.9 Å². The van der Waals surface area contributed by atoms with Gasteiger partial charge in [0.15, 0.2) is 0 Å². The first kappa shape index (κ1) is 20.3. The Morgan fingerprint density at radius 1 is 1.34 bits per heavy atom. The number of nitrogens with zero attached hydrogens (tertiary/aromatic N) is 3. The molecule has 2 unspecified atom stereocenters. The molecule has 3 heterocycles. The van der Waals surface area contributed by atoms with Crippen molar-refractivity contribution in [1.29, 1.82) is 0 Å². The van der Waals surface area contributed by atoms with E-state index in [0.29, 0.717) is 37.6 Å². The fourth-order valence-electron chi connectivity index (χ4n) is 3.83. The van der Waals surface area contributed by atoms with Crippen LogP contribution in [0, 0.1) is 0 Å². The molecular formula is C19H23ClN4O4S. The molecule has 0 amide bonds. The molecule has 1 saturated heterocycles. The molecule has 1 fully saturated rings.